The van der Waals surface area contributed by atoms with Crippen molar-refractivity contribution >= 4 is 49.2 Å². The highest BCUT2D eigenvalue weighted by atomic mass is 14.2. The largest absolute Gasteiger partial charge is 0.0836 e. The highest BCUT2D eigenvalue weighted by Gasteiger charge is 2.16. The van der Waals surface area contributed by atoms with Gasteiger partial charge in [0.15, 0.2) is 0 Å². The molecule has 11 aromatic rings. The molecule has 304 valence electrons. The van der Waals surface area contributed by atoms with Gasteiger partial charge in [0.2, 0.25) is 0 Å². The Morgan fingerprint density at radius 3 is 1.61 bits per heavy atom. The molecule has 0 saturated heterocycles. The minimum Gasteiger partial charge on any atom is -0.0836 e. The maximum absolute atomic E-state index is 2.43. The smallest absolute Gasteiger partial charge is 0.00264 e. The SMILES string of the molecule is C1=Cc2cccc(-c3cccc(-c4ccc5cc6cc(-c7cccc(-c8cccc9ccccc89)c7)ccc6c(-c6cccc(-c7ccc8ccccc8c7)c6)c5c4)c3)c2CC1.CC. The number of rotatable bonds is 6. The van der Waals surface area contributed by atoms with E-state index in [1.54, 1.807) is 0 Å². The molecule has 64 heavy (non-hydrogen) atoms. The highest BCUT2D eigenvalue weighted by Crippen LogP contribution is 2.42. The summed E-state index contributed by atoms with van der Waals surface area (Å²) in [5.41, 5.74) is 17.7. The van der Waals surface area contributed by atoms with Crippen LogP contribution in [0.2, 0.25) is 0 Å². The van der Waals surface area contributed by atoms with Gasteiger partial charge in [-0.25, -0.2) is 0 Å². The van der Waals surface area contributed by atoms with Crippen molar-refractivity contribution in [3.8, 4) is 66.8 Å². The van der Waals surface area contributed by atoms with Crippen LogP contribution in [0.5, 0.6) is 0 Å². The fourth-order valence-electron chi connectivity index (χ4n) is 9.97. The summed E-state index contributed by atoms with van der Waals surface area (Å²) in [6, 6.07) is 81.3. The topological polar surface area (TPSA) is 0 Å². The molecular weight excluding hydrogens is 769 g/mol. The van der Waals surface area contributed by atoms with Gasteiger partial charge in [0, 0.05) is 0 Å². The van der Waals surface area contributed by atoms with Gasteiger partial charge in [-0.3, -0.25) is 0 Å². The van der Waals surface area contributed by atoms with Gasteiger partial charge in [0.05, 0.1) is 0 Å². The molecule has 0 aromatic heterocycles. The van der Waals surface area contributed by atoms with Gasteiger partial charge in [0.25, 0.3) is 0 Å². The second-order valence-electron chi connectivity index (χ2n) is 16.8. The Balaban J connectivity index is 0.00000225. The molecule has 0 aliphatic heterocycles. The third kappa shape index (κ3) is 7.18. The zero-order chi connectivity index (χ0) is 43.0. The van der Waals surface area contributed by atoms with Crippen LogP contribution in [-0.2, 0) is 6.42 Å². The molecule has 0 heteroatoms. The Morgan fingerprint density at radius 2 is 0.828 bits per heavy atom. The lowest BCUT2D eigenvalue weighted by atomic mass is 9.87. The van der Waals surface area contributed by atoms with Crippen LogP contribution in [-0.4, -0.2) is 0 Å². The van der Waals surface area contributed by atoms with Crippen LogP contribution in [0, 0.1) is 0 Å². The lowest BCUT2D eigenvalue weighted by molar-refractivity contribution is 0.988. The highest BCUT2D eigenvalue weighted by molar-refractivity contribution is 6.14. The zero-order valence-electron chi connectivity index (χ0n) is 36.4. The Kier molecular flexibility index (Phi) is 10.3. The summed E-state index contributed by atoms with van der Waals surface area (Å²) in [6.45, 7) is 4.00. The molecule has 11 aromatic carbocycles. The molecule has 0 N–H and O–H groups in total. The summed E-state index contributed by atoms with van der Waals surface area (Å²) in [5, 5.41) is 10.0. The first kappa shape index (κ1) is 39.1. The maximum Gasteiger partial charge on any atom is -0.00264 e. The van der Waals surface area contributed by atoms with Crippen LogP contribution in [0.3, 0.4) is 0 Å². The van der Waals surface area contributed by atoms with E-state index in [-0.39, 0.29) is 0 Å². The lowest BCUT2D eigenvalue weighted by Crippen LogP contribution is -1.97. The van der Waals surface area contributed by atoms with E-state index in [0.29, 0.717) is 0 Å². The number of hydrogen-bond acceptors (Lipinski definition) is 0. The number of hydrogen-bond donors (Lipinski definition) is 0. The molecule has 0 nitrogen and oxygen atoms in total. The van der Waals surface area contributed by atoms with E-state index in [1.807, 2.05) is 13.8 Å². The van der Waals surface area contributed by atoms with E-state index in [2.05, 4.69) is 231 Å². The molecule has 0 heterocycles. The molecule has 0 unspecified atom stereocenters. The van der Waals surface area contributed by atoms with E-state index in [4.69, 9.17) is 0 Å². The molecule has 0 atom stereocenters. The van der Waals surface area contributed by atoms with Gasteiger partial charge in [-0.1, -0.05) is 202 Å². The van der Waals surface area contributed by atoms with Crippen molar-refractivity contribution in [3.05, 3.63) is 236 Å². The predicted molar refractivity (Wildman–Crippen MR) is 278 cm³/mol. The Hall–Kier alpha value is -7.80. The molecule has 1 aliphatic rings. The third-order valence-corrected chi connectivity index (χ3v) is 13.1. The van der Waals surface area contributed by atoms with E-state index < -0.39 is 0 Å². The van der Waals surface area contributed by atoms with Crippen LogP contribution in [0.25, 0.3) is 116 Å². The molecular formula is C64H48. The van der Waals surface area contributed by atoms with Gasteiger partial charge in [0.1, 0.15) is 0 Å². The molecule has 0 amide bonds. The van der Waals surface area contributed by atoms with Gasteiger partial charge < -0.3 is 0 Å². The second kappa shape index (κ2) is 16.8. The maximum atomic E-state index is 2.43. The average molecular weight is 817 g/mol. The quantitative estimate of drug-likeness (QED) is 0.147. The first-order valence-corrected chi connectivity index (χ1v) is 22.8. The summed E-state index contributed by atoms with van der Waals surface area (Å²) in [4.78, 5) is 0. The fourth-order valence-corrected chi connectivity index (χ4v) is 9.97. The van der Waals surface area contributed by atoms with Crippen molar-refractivity contribution in [3.63, 3.8) is 0 Å². The third-order valence-electron chi connectivity index (χ3n) is 13.1. The van der Waals surface area contributed by atoms with Gasteiger partial charge in [-0.2, -0.15) is 0 Å². The van der Waals surface area contributed by atoms with E-state index in [9.17, 15) is 0 Å². The van der Waals surface area contributed by atoms with Gasteiger partial charge in [-0.05, 0) is 176 Å². The van der Waals surface area contributed by atoms with Crippen LogP contribution >= 0.6 is 0 Å². The van der Waals surface area contributed by atoms with Crippen LogP contribution < -0.4 is 0 Å². The first-order chi connectivity index (χ1) is 31.7. The Morgan fingerprint density at radius 1 is 0.297 bits per heavy atom. The molecule has 1 aliphatic carbocycles. The van der Waals surface area contributed by atoms with Crippen molar-refractivity contribution < 1.29 is 0 Å². The summed E-state index contributed by atoms with van der Waals surface area (Å²) in [7, 11) is 0. The lowest BCUT2D eigenvalue weighted by Gasteiger charge is -2.17. The van der Waals surface area contributed by atoms with E-state index in [0.717, 1.165) is 12.8 Å². The average Bonchev–Trinajstić information content (AvgIpc) is 3.38. The van der Waals surface area contributed by atoms with Crippen molar-refractivity contribution in [2.45, 2.75) is 26.7 Å². The monoisotopic (exact) mass is 816 g/mol. The van der Waals surface area contributed by atoms with Crippen molar-refractivity contribution in [2.24, 2.45) is 0 Å². The van der Waals surface area contributed by atoms with Crippen molar-refractivity contribution in [2.75, 3.05) is 0 Å². The Bertz CT molecular complexity index is 3580. The minimum atomic E-state index is 1.08. The first-order valence-electron chi connectivity index (χ1n) is 22.8. The summed E-state index contributed by atoms with van der Waals surface area (Å²) >= 11 is 0. The Labute approximate surface area is 376 Å². The van der Waals surface area contributed by atoms with Gasteiger partial charge >= 0.3 is 0 Å². The second-order valence-corrected chi connectivity index (χ2v) is 16.8. The van der Waals surface area contributed by atoms with E-state index >= 15 is 0 Å². The van der Waals surface area contributed by atoms with Crippen LogP contribution in [0.4, 0.5) is 0 Å². The molecule has 0 spiro atoms. The number of benzene rings is 11. The van der Waals surface area contributed by atoms with Crippen molar-refractivity contribution in [1.82, 2.24) is 0 Å². The summed E-state index contributed by atoms with van der Waals surface area (Å²) in [6.07, 6.45) is 6.74. The van der Waals surface area contributed by atoms with Crippen LogP contribution in [0.1, 0.15) is 31.4 Å². The van der Waals surface area contributed by atoms with Gasteiger partial charge in [-0.15, -0.1) is 0 Å². The molecule has 0 saturated carbocycles. The van der Waals surface area contributed by atoms with Crippen LogP contribution in [0.15, 0.2) is 224 Å². The minimum absolute atomic E-state index is 1.08. The predicted octanol–water partition coefficient (Wildman–Crippen LogP) is 18.3. The zero-order valence-corrected chi connectivity index (χ0v) is 36.4. The summed E-state index contributed by atoms with van der Waals surface area (Å²) in [5.74, 6) is 0. The molecule has 0 fully saturated rings. The fraction of sp³-hybridized carbons (Fsp3) is 0.0625. The van der Waals surface area contributed by atoms with E-state index in [1.165, 1.54) is 121 Å². The summed E-state index contributed by atoms with van der Waals surface area (Å²) < 4.78 is 0. The molecule has 12 rings (SSSR count). The normalized spacial score (nSPS) is 12.0. The number of allylic oxidation sites excluding steroid dienone is 1. The molecule has 0 radical (unpaired) electrons. The molecule has 0 bridgehead atoms. The standard InChI is InChI=1S/C62H42.C2H6/c1-2-15-44-34-48(29-28-41(44)12-1)47-20-9-23-54(37-47)62-60-33-32-49(45-18-7-21-51(35-45)58-26-10-16-42-13-3-5-24-56(42)58)38-55(60)39-53-31-30-50(40-61(53)62)46-19-8-22-52(36-46)59-27-11-17-43-14-4-6-25-57(43)59;1-2/h1-5,7-24,26-40H,6,25H2;1-2H3. The van der Waals surface area contributed by atoms with Crippen molar-refractivity contribution in [1.29, 1.82) is 0 Å². The number of fused-ring (bicyclic) bond motifs is 5.